The standard InChI is InChI=1S/C11H24N2O/c1-8(2)7-13(9(3)4)10(14)11(5,6)12/h8-9H,7,12H2,1-6H3. The van der Waals surface area contributed by atoms with Crippen molar-refractivity contribution >= 4 is 5.91 Å². The summed E-state index contributed by atoms with van der Waals surface area (Å²) in [4.78, 5) is 13.8. The predicted molar refractivity (Wildman–Crippen MR) is 60.0 cm³/mol. The Bertz CT molecular complexity index is 192. The van der Waals surface area contributed by atoms with E-state index in [2.05, 4.69) is 13.8 Å². The molecule has 0 aromatic heterocycles. The number of hydrogen-bond acceptors (Lipinski definition) is 2. The zero-order chi connectivity index (χ0) is 11.5. The van der Waals surface area contributed by atoms with E-state index >= 15 is 0 Å². The van der Waals surface area contributed by atoms with Crippen molar-refractivity contribution in [1.29, 1.82) is 0 Å². The van der Waals surface area contributed by atoms with Crippen molar-refractivity contribution < 1.29 is 4.79 Å². The molecule has 0 aliphatic carbocycles. The minimum Gasteiger partial charge on any atom is -0.338 e. The summed E-state index contributed by atoms with van der Waals surface area (Å²) < 4.78 is 0. The van der Waals surface area contributed by atoms with Gasteiger partial charge in [-0.3, -0.25) is 4.79 Å². The van der Waals surface area contributed by atoms with Gasteiger partial charge in [-0.15, -0.1) is 0 Å². The highest BCUT2D eigenvalue weighted by atomic mass is 16.2. The van der Waals surface area contributed by atoms with Crippen molar-refractivity contribution in [2.75, 3.05) is 6.54 Å². The third-order valence-corrected chi connectivity index (χ3v) is 2.00. The Morgan fingerprint density at radius 3 is 1.93 bits per heavy atom. The minimum absolute atomic E-state index is 0.0289. The Kier molecular flexibility index (Phi) is 4.59. The molecule has 0 unspecified atom stereocenters. The molecule has 0 radical (unpaired) electrons. The molecule has 0 fully saturated rings. The molecule has 0 aliphatic rings. The number of carbonyl (C=O) groups excluding carboxylic acids is 1. The first-order valence-electron chi connectivity index (χ1n) is 5.26. The van der Waals surface area contributed by atoms with E-state index in [9.17, 15) is 4.79 Å². The number of nitrogens with zero attached hydrogens (tertiary/aromatic N) is 1. The molecule has 0 bridgehead atoms. The lowest BCUT2D eigenvalue weighted by Gasteiger charge is -2.33. The fraction of sp³-hybridized carbons (Fsp3) is 0.909. The van der Waals surface area contributed by atoms with E-state index in [1.807, 2.05) is 18.7 Å². The van der Waals surface area contributed by atoms with E-state index in [1.54, 1.807) is 13.8 Å². The Morgan fingerprint density at radius 1 is 1.29 bits per heavy atom. The third kappa shape index (κ3) is 4.09. The molecular weight excluding hydrogens is 176 g/mol. The summed E-state index contributed by atoms with van der Waals surface area (Å²) in [6.45, 7) is 12.5. The van der Waals surface area contributed by atoms with Crippen LogP contribution in [0.2, 0.25) is 0 Å². The van der Waals surface area contributed by atoms with Gasteiger partial charge in [-0.1, -0.05) is 13.8 Å². The quantitative estimate of drug-likeness (QED) is 0.749. The maximum Gasteiger partial charge on any atom is 0.242 e. The van der Waals surface area contributed by atoms with Gasteiger partial charge in [0.15, 0.2) is 0 Å². The van der Waals surface area contributed by atoms with Crippen molar-refractivity contribution in [3.8, 4) is 0 Å². The van der Waals surface area contributed by atoms with Gasteiger partial charge in [0.25, 0.3) is 0 Å². The smallest absolute Gasteiger partial charge is 0.242 e. The Hall–Kier alpha value is -0.570. The van der Waals surface area contributed by atoms with Gasteiger partial charge in [0.05, 0.1) is 5.54 Å². The number of rotatable bonds is 4. The zero-order valence-electron chi connectivity index (χ0n) is 10.3. The zero-order valence-corrected chi connectivity index (χ0v) is 10.3. The lowest BCUT2D eigenvalue weighted by molar-refractivity contribution is -0.138. The van der Waals surface area contributed by atoms with Gasteiger partial charge in [-0.2, -0.15) is 0 Å². The normalized spacial score (nSPS) is 12.4. The van der Waals surface area contributed by atoms with Crippen LogP contribution in [0.3, 0.4) is 0 Å². The second-order valence-corrected chi connectivity index (χ2v) is 5.17. The molecule has 0 atom stereocenters. The van der Waals surface area contributed by atoms with Crippen LogP contribution in [-0.2, 0) is 4.79 Å². The van der Waals surface area contributed by atoms with E-state index in [1.165, 1.54) is 0 Å². The Balaban J connectivity index is 4.59. The molecule has 3 nitrogen and oxygen atoms in total. The summed E-state index contributed by atoms with van der Waals surface area (Å²) in [5, 5.41) is 0. The van der Waals surface area contributed by atoms with Crippen LogP contribution in [0.5, 0.6) is 0 Å². The van der Waals surface area contributed by atoms with Crippen molar-refractivity contribution in [2.45, 2.75) is 53.1 Å². The molecule has 84 valence electrons. The van der Waals surface area contributed by atoms with Crippen LogP contribution in [0, 0.1) is 5.92 Å². The lowest BCUT2D eigenvalue weighted by atomic mass is 10.0. The second-order valence-electron chi connectivity index (χ2n) is 5.17. The number of hydrogen-bond donors (Lipinski definition) is 1. The third-order valence-electron chi connectivity index (χ3n) is 2.00. The van der Waals surface area contributed by atoms with Gasteiger partial charge >= 0.3 is 0 Å². The fourth-order valence-corrected chi connectivity index (χ4v) is 1.29. The average Bonchev–Trinajstić information content (AvgIpc) is 1.96. The summed E-state index contributed by atoms with van der Waals surface area (Å²) in [7, 11) is 0. The first-order chi connectivity index (χ1) is 6.16. The highest BCUT2D eigenvalue weighted by Gasteiger charge is 2.29. The van der Waals surface area contributed by atoms with Gasteiger partial charge in [0.2, 0.25) is 5.91 Å². The fourth-order valence-electron chi connectivity index (χ4n) is 1.29. The Morgan fingerprint density at radius 2 is 1.71 bits per heavy atom. The molecule has 0 saturated heterocycles. The highest BCUT2D eigenvalue weighted by molar-refractivity contribution is 5.85. The number of amides is 1. The SMILES string of the molecule is CC(C)CN(C(=O)C(C)(C)N)C(C)C. The first-order valence-corrected chi connectivity index (χ1v) is 5.26. The van der Waals surface area contributed by atoms with Crippen LogP contribution in [0.4, 0.5) is 0 Å². The monoisotopic (exact) mass is 200 g/mol. The van der Waals surface area contributed by atoms with E-state index in [0.717, 1.165) is 6.54 Å². The maximum absolute atomic E-state index is 11.9. The molecule has 1 amide bonds. The molecule has 0 heterocycles. The van der Waals surface area contributed by atoms with Crippen LogP contribution in [0.15, 0.2) is 0 Å². The van der Waals surface area contributed by atoms with Crippen LogP contribution in [0.1, 0.15) is 41.5 Å². The lowest BCUT2D eigenvalue weighted by Crippen LogP contribution is -2.54. The van der Waals surface area contributed by atoms with Gasteiger partial charge < -0.3 is 10.6 Å². The molecular formula is C11H24N2O. The van der Waals surface area contributed by atoms with E-state index in [4.69, 9.17) is 5.73 Å². The first kappa shape index (κ1) is 13.4. The van der Waals surface area contributed by atoms with Crippen LogP contribution in [-0.4, -0.2) is 28.9 Å². The maximum atomic E-state index is 11.9. The molecule has 0 saturated carbocycles. The van der Waals surface area contributed by atoms with Crippen LogP contribution >= 0.6 is 0 Å². The molecule has 0 aliphatic heterocycles. The second kappa shape index (κ2) is 4.78. The molecule has 0 rings (SSSR count). The van der Waals surface area contributed by atoms with E-state index < -0.39 is 5.54 Å². The van der Waals surface area contributed by atoms with E-state index in [0.29, 0.717) is 5.92 Å². The summed E-state index contributed by atoms with van der Waals surface area (Å²) in [6.07, 6.45) is 0. The van der Waals surface area contributed by atoms with Gasteiger partial charge in [0.1, 0.15) is 0 Å². The van der Waals surface area contributed by atoms with Gasteiger partial charge in [-0.05, 0) is 33.6 Å². The van der Waals surface area contributed by atoms with Crippen molar-refractivity contribution in [2.24, 2.45) is 11.7 Å². The topological polar surface area (TPSA) is 46.3 Å². The van der Waals surface area contributed by atoms with Crippen molar-refractivity contribution in [3.05, 3.63) is 0 Å². The highest BCUT2D eigenvalue weighted by Crippen LogP contribution is 2.11. The largest absolute Gasteiger partial charge is 0.338 e. The molecule has 14 heavy (non-hydrogen) atoms. The predicted octanol–water partition coefficient (Wildman–Crippen LogP) is 1.62. The van der Waals surface area contributed by atoms with Gasteiger partial charge in [0, 0.05) is 12.6 Å². The van der Waals surface area contributed by atoms with E-state index in [-0.39, 0.29) is 11.9 Å². The van der Waals surface area contributed by atoms with Crippen LogP contribution < -0.4 is 5.73 Å². The summed E-state index contributed by atoms with van der Waals surface area (Å²) in [5.41, 5.74) is 5.04. The summed E-state index contributed by atoms with van der Waals surface area (Å²) in [6, 6.07) is 0.215. The number of nitrogens with two attached hydrogens (primary N) is 1. The van der Waals surface area contributed by atoms with Crippen molar-refractivity contribution in [1.82, 2.24) is 4.90 Å². The van der Waals surface area contributed by atoms with Crippen molar-refractivity contribution in [3.63, 3.8) is 0 Å². The Labute approximate surface area is 87.6 Å². The van der Waals surface area contributed by atoms with Gasteiger partial charge in [-0.25, -0.2) is 0 Å². The summed E-state index contributed by atoms with van der Waals surface area (Å²) in [5.74, 6) is 0.505. The summed E-state index contributed by atoms with van der Waals surface area (Å²) >= 11 is 0. The number of carbonyl (C=O) groups is 1. The molecule has 0 spiro atoms. The minimum atomic E-state index is -0.765. The molecule has 0 aromatic carbocycles. The molecule has 3 heteroatoms. The van der Waals surface area contributed by atoms with Crippen LogP contribution in [0.25, 0.3) is 0 Å². The molecule has 0 aromatic rings. The average molecular weight is 200 g/mol. The molecule has 2 N–H and O–H groups in total.